The number of piperazine rings is 1. The van der Waals surface area contributed by atoms with Gasteiger partial charge in [0.15, 0.2) is 0 Å². The second-order valence-electron chi connectivity index (χ2n) is 8.78. The molecule has 2 aromatic heterocycles. The summed E-state index contributed by atoms with van der Waals surface area (Å²) in [5, 5.41) is 15.9. The Bertz CT molecular complexity index is 1160. The molecular formula is C22H26Cl2N8O2. The lowest BCUT2D eigenvalue weighted by molar-refractivity contribution is 0.0240. The third-order valence-electron chi connectivity index (χ3n) is 5.16. The van der Waals surface area contributed by atoms with Crippen molar-refractivity contribution < 1.29 is 9.53 Å². The van der Waals surface area contributed by atoms with E-state index in [1.54, 1.807) is 29.3 Å². The number of benzene rings is 1. The van der Waals surface area contributed by atoms with Crippen LogP contribution in [-0.4, -0.2) is 68.0 Å². The highest BCUT2D eigenvalue weighted by Crippen LogP contribution is 2.29. The molecule has 1 aliphatic heterocycles. The van der Waals surface area contributed by atoms with Crippen molar-refractivity contribution in [3.05, 3.63) is 52.1 Å². The van der Waals surface area contributed by atoms with Crippen molar-refractivity contribution in [2.24, 2.45) is 0 Å². The Morgan fingerprint density at radius 2 is 1.88 bits per heavy atom. The molecule has 1 fully saturated rings. The summed E-state index contributed by atoms with van der Waals surface area (Å²) in [4.78, 5) is 20.9. The average molecular weight is 505 g/mol. The van der Waals surface area contributed by atoms with Gasteiger partial charge in [-0.25, -0.2) is 9.78 Å². The average Bonchev–Trinajstić information content (AvgIpc) is 3.27. The molecule has 0 spiro atoms. The summed E-state index contributed by atoms with van der Waals surface area (Å²) in [6.07, 6.45) is 1.47. The standard InChI is InChI=1S/C22H26Cl2N8O2/c1-22(2,3)34-21(33)31-12-10-30(11-13-31)19-15(6-5-9-25-19)14-26-20-27-28-29-32(20)17-8-4-7-16(23)18(17)24/h4-9H,10-14H2,1-3H3,(H,26,27,29). The minimum Gasteiger partial charge on any atom is -0.444 e. The highest BCUT2D eigenvalue weighted by molar-refractivity contribution is 6.43. The first-order valence-electron chi connectivity index (χ1n) is 10.9. The predicted molar refractivity (Wildman–Crippen MR) is 131 cm³/mol. The number of aromatic nitrogens is 5. The minimum atomic E-state index is -0.515. The maximum atomic E-state index is 12.4. The van der Waals surface area contributed by atoms with E-state index in [4.69, 9.17) is 27.9 Å². The summed E-state index contributed by atoms with van der Waals surface area (Å²) in [6, 6.07) is 9.15. The summed E-state index contributed by atoms with van der Waals surface area (Å²) in [5.74, 6) is 1.27. The van der Waals surface area contributed by atoms with Crippen LogP contribution >= 0.6 is 23.2 Å². The minimum absolute atomic E-state index is 0.290. The van der Waals surface area contributed by atoms with Crippen LogP contribution in [0.2, 0.25) is 10.0 Å². The van der Waals surface area contributed by atoms with Gasteiger partial charge in [-0.15, -0.1) is 0 Å². The first-order valence-corrected chi connectivity index (χ1v) is 11.6. The van der Waals surface area contributed by atoms with Gasteiger partial charge in [0.1, 0.15) is 11.4 Å². The summed E-state index contributed by atoms with van der Waals surface area (Å²) in [6.45, 7) is 8.46. The van der Waals surface area contributed by atoms with Crippen molar-refractivity contribution >= 4 is 41.1 Å². The molecule has 34 heavy (non-hydrogen) atoms. The van der Waals surface area contributed by atoms with Crippen molar-refractivity contribution in [3.8, 4) is 5.69 Å². The Labute approximate surface area is 207 Å². The van der Waals surface area contributed by atoms with E-state index in [-0.39, 0.29) is 6.09 Å². The lowest BCUT2D eigenvalue weighted by Gasteiger charge is -2.36. The number of carbonyl (C=O) groups excluding carboxylic acids is 1. The zero-order valence-electron chi connectivity index (χ0n) is 19.2. The monoisotopic (exact) mass is 504 g/mol. The summed E-state index contributed by atoms with van der Waals surface area (Å²) in [7, 11) is 0. The summed E-state index contributed by atoms with van der Waals surface area (Å²) >= 11 is 12.5. The van der Waals surface area contributed by atoms with Gasteiger partial charge in [0.05, 0.1) is 15.7 Å². The topological polar surface area (TPSA) is 101 Å². The fourth-order valence-corrected chi connectivity index (χ4v) is 3.95. The number of tetrazole rings is 1. The van der Waals surface area contributed by atoms with Crippen molar-refractivity contribution in [1.82, 2.24) is 30.1 Å². The fourth-order valence-electron chi connectivity index (χ4n) is 3.57. The van der Waals surface area contributed by atoms with Gasteiger partial charge in [0, 0.05) is 44.5 Å². The Morgan fingerprint density at radius 1 is 1.12 bits per heavy atom. The third kappa shape index (κ3) is 5.51. The van der Waals surface area contributed by atoms with Crippen LogP contribution in [0, 0.1) is 0 Å². The molecule has 1 aromatic carbocycles. The Balaban J connectivity index is 1.44. The lowest BCUT2D eigenvalue weighted by Crippen LogP contribution is -2.50. The molecule has 180 valence electrons. The number of amides is 1. The zero-order valence-corrected chi connectivity index (χ0v) is 20.7. The van der Waals surface area contributed by atoms with Crippen LogP contribution < -0.4 is 10.2 Å². The first kappa shape index (κ1) is 24.0. The van der Waals surface area contributed by atoms with Gasteiger partial charge in [-0.1, -0.05) is 40.4 Å². The molecule has 0 atom stereocenters. The molecule has 3 aromatic rings. The van der Waals surface area contributed by atoms with Gasteiger partial charge in [-0.05, 0) is 49.4 Å². The lowest BCUT2D eigenvalue weighted by atomic mass is 10.2. The number of nitrogens with zero attached hydrogens (tertiary/aromatic N) is 7. The summed E-state index contributed by atoms with van der Waals surface area (Å²) in [5.41, 5.74) is 1.03. The molecule has 0 unspecified atom stereocenters. The van der Waals surface area contributed by atoms with Crippen LogP contribution in [0.15, 0.2) is 36.5 Å². The van der Waals surface area contributed by atoms with E-state index in [2.05, 4.69) is 30.7 Å². The maximum Gasteiger partial charge on any atom is 0.410 e. The molecule has 1 amide bonds. The fraction of sp³-hybridized carbons (Fsp3) is 0.409. The van der Waals surface area contributed by atoms with E-state index in [9.17, 15) is 4.79 Å². The molecule has 0 aliphatic carbocycles. The van der Waals surface area contributed by atoms with Crippen molar-refractivity contribution in [2.75, 3.05) is 36.4 Å². The van der Waals surface area contributed by atoms with Gasteiger partial charge < -0.3 is 19.9 Å². The second-order valence-corrected chi connectivity index (χ2v) is 9.57. The molecule has 0 bridgehead atoms. The van der Waals surface area contributed by atoms with Crippen LogP contribution in [0.5, 0.6) is 0 Å². The highest BCUT2D eigenvalue weighted by Gasteiger charge is 2.27. The molecule has 1 saturated heterocycles. The molecule has 10 nitrogen and oxygen atoms in total. The van der Waals surface area contributed by atoms with Crippen molar-refractivity contribution in [2.45, 2.75) is 32.9 Å². The number of nitrogens with one attached hydrogen (secondary N) is 1. The molecule has 4 rings (SSSR count). The number of hydrogen-bond donors (Lipinski definition) is 1. The van der Waals surface area contributed by atoms with Gasteiger partial charge >= 0.3 is 6.09 Å². The van der Waals surface area contributed by atoms with Crippen LogP contribution in [0.1, 0.15) is 26.3 Å². The Morgan fingerprint density at radius 3 is 2.62 bits per heavy atom. The van der Waals surface area contributed by atoms with Crippen LogP contribution in [0.25, 0.3) is 5.69 Å². The van der Waals surface area contributed by atoms with E-state index >= 15 is 0 Å². The van der Waals surface area contributed by atoms with Gasteiger partial charge in [-0.2, -0.15) is 4.68 Å². The van der Waals surface area contributed by atoms with E-state index in [0.29, 0.717) is 54.4 Å². The van der Waals surface area contributed by atoms with Crippen molar-refractivity contribution in [3.63, 3.8) is 0 Å². The van der Waals surface area contributed by atoms with Crippen LogP contribution in [-0.2, 0) is 11.3 Å². The number of carbonyl (C=O) groups is 1. The van der Waals surface area contributed by atoms with Crippen LogP contribution in [0.4, 0.5) is 16.6 Å². The number of pyridine rings is 1. The quantitative estimate of drug-likeness (QED) is 0.555. The SMILES string of the molecule is CC(C)(C)OC(=O)N1CCN(c2ncccc2CNc2nnnn2-c2cccc(Cl)c2Cl)CC1. The normalized spacial score (nSPS) is 14.3. The summed E-state index contributed by atoms with van der Waals surface area (Å²) < 4.78 is 6.99. The van der Waals surface area contributed by atoms with Crippen LogP contribution in [0.3, 0.4) is 0 Å². The molecule has 1 N–H and O–H groups in total. The molecule has 3 heterocycles. The van der Waals surface area contributed by atoms with E-state index in [1.807, 2.05) is 32.9 Å². The Kier molecular flexibility index (Phi) is 7.08. The number of ether oxygens (including phenoxy) is 1. The van der Waals surface area contributed by atoms with Crippen molar-refractivity contribution in [1.29, 1.82) is 0 Å². The molecule has 0 saturated carbocycles. The number of rotatable bonds is 5. The molecule has 12 heteroatoms. The van der Waals surface area contributed by atoms with E-state index < -0.39 is 5.60 Å². The highest BCUT2D eigenvalue weighted by atomic mass is 35.5. The first-order chi connectivity index (χ1) is 16.2. The van der Waals surface area contributed by atoms with Gasteiger partial charge in [-0.3, -0.25) is 0 Å². The van der Waals surface area contributed by atoms with Gasteiger partial charge in [0.2, 0.25) is 5.95 Å². The molecule has 1 aliphatic rings. The largest absolute Gasteiger partial charge is 0.444 e. The predicted octanol–water partition coefficient (Wildman–Crippen LogP) is 4.03. The maximum absolute atomic E-state index is 12.4. The smallest absolute Gasteiger partial charge is 0.410 e. The van der Waals surface area contributed by atoms with E-state index in [1.165, 1.54) is 4.68 Å². The molecule has 0 radical (unpaired) electrons. The van der Waals surface area contributed by atoms with E-state index in [0.717, 1.165) is 11.4 Å². The second kappa shape index (κ2) is 10.0. The number of anilines is 2. The van der Waals surface area contributed by atoms with Gasteiger partial charge in [0.25, 0.3) is 0 Å². The Hall–Kier alpha value is -3.11. The molecular weight excluding hydrogens is 479 g/mol. The number of halogens is 2. The number of hydrogen-bond acceptors (Lipinski definition) is 8. The third-order valence-corrected chi connectivity index (χ3v) is 5.97. The zero-order chi connectivity index (χ0) is 24.3.